The van der Waals surface area contributed by atoms with E-state index in [0.717, 1.165) is 0 Å². The molecule has 0 saturated carbocycles. The molecule has 1 aromatic heterocycles. The summed E-state index contributed by atoms with van der Waals surface area (Å²) in [5, 5.41) is 3.95. The number of hydrazone groups is 1. The molecule has 11 heteroatoms. The highest BCUT2D eigenvalue weighted by Gasteiger charge is 2.34. The summed E-state index contributed by atoms with van der Waals surface area (Å²) in [6.45, 7) is 6.20. The third kappa shape index (κ3) is 5.93. The molecule has 36 heavy (non-hydrogen) atoms. The lowest BCUT2D eigenvalue weighted by molar-refractivity contribution is -0.119. The van der Waals surface area contributed by atoms with E-state index < -0.39 is 29.5 Å². The van der Waals surface area contributed by atoms with Gasteiger partial charge in [-0.15, -0.1) is 0 Å². The van der Waals surface area contributed by atoms with Gasteiger partial charge < -0.3 is 18.9 Å². The molecule has 1 aromatic carbocycles. The zero-order valence-corrected chi connectivity index (χ0v) is 21.0. The van der Waals surface area contributed by atoms with Crippen molar-refractivity contribution in [1.82, 2.24) is 14.9 Å². The number of amides is 2. The van der Waals surface area contributed by atoms with Gasteiger partial charge in [0.2, 0.25) is 5.91 Å². The van der Waals surface area contributed by atoms with Gasteiger partial charge in [0.05, 0.1) is 35.4 Å². The first-order chi connectivity index (χ1) is 17.0. The maximum absolute atomic E-state index is 14.3. The zero-order valence-electron chi connectivity index (χ0n) is 20.3. The Labute approximate surface area is 212 Å². The lowest BCUT2D eigenvalue weighted by atomic mass is 9.94. The predicted octanol–water partition coefficient (Wildman–Crippen LogP) is 3.49. The van der Waals surface area contributed by atoms with E-state index in [2.05, 4.69) is 10.5 Å². The quantitative estimate of drug-likeness (QED) is 0.667. The highest BCUT2D eigenvalue weighted by atomic mass is 35.5. The standard InChI is InChI=1S/C25H28ClFN4O5/c1-25(2,3)36-24(34)31-9-10-35-22(15-6-7-18(26)19(27)11-15)16(14-31)13-30-8-4-5-17(23(30)33)20-12-21(32)29-28-20/h4-8,11,16,22H,9-10,12-14H2,1-3H3,(H,29,32)/t16-,22+/m1/s1. The SMILES string of the molecule is CC(C)(C)OC(=O)N1CCO[C@@H](c2ccc(Cl)c(F)c2)[C@H](Cn2cccc(C3=NNC(=O)C3)c2=O)C1. The third-order valence-electron chi connectivity index (χ3n) is 5.87. The normalized spacial score (nSPS) is 20.5. The molecule has 3 heterocycles. The molecule has 0 spiro atoms. The second kappa shape index (κ2) is 10.4. The average molecular weight is 519 g/mol. The minimum Gasteiger partial charge on any atom is -0.444 e. The van der Waals surface area contributed by atoms with E-state index >= 15 is 0 Å². The molecule has 2 aromatic rings. The summed E-state index contributed by atoms with van der Waals surface area (Å²) in [5.74, 6) is -1.30. The number of aromatic nitrogens is 1. The number of hydrogen-bond acceptors (Lipinski definition) is 6. The lowest BCUT2D eigenvalue weighted by Crippen LogP contribution is -2.41. The minimum atomic E-state index is -0.683. The maximum atomic E-state index is 14.3. The van der Waals surface area contributed by atoms with Gasteiger partial charge in [-0.1, -0.05) is 17.7 Å². The van der Waals surface area contributed by atoms with Crippen LogP contribution in [-0.4, -0.2) is 52.5 Å². The Bertz CT molecular complexity index is 1260. The van der Waals surface area contributed by atoms with Crippen LogP contribution >= 0.6 is 11.6 Å². The number of pyridine rings is 1. The van der Waals surface area contributed by atoms with Crippen LogP contribution in [0, 0.1) is 11.7 Å². The Morgan fingerprint density at radius 1 is 1.31 bits per heavy atom. The molecule has 2 amide bonds. The monoisotopic (exact) mass is 518 g/mol. The van der Waals surface area contributed by atoms with Crippen molar-refractivity contribution in [3.05, 3.63) is 68.8 Å². The van der Waals surface area contributed by atoms with Crippen molar-refractivity contribution >= 4 is 29.3 Å². The fraction of sp³-hybridized carbons (Fsp3) is 0.440. The zero-order chi connectivity index (χ0) is 26.0. The van der Waals surface area contributed by atoms with Crippen molar-refractivity contribution in [2.75, 3.05) is 19.7 Å². The summed E-state index contributed by atoms with van der Waals surface area (Å²) in [4.78, 5) is 39.3. The first-order valence-corrected chi connectivity index (χ1v) is 12.0. The summed E-state index contributed by atoms with van der Waals surface area (Å²) >= 11 is 5.88. The van der Waals surface area contributed by atoms with Crippen molar-refractivity contribution in [3.63, 3.8) is 0 Å². The first-order valence-electron chi connectivity index (χ1n) is 11.6. The van der Waals surface area contributed by atoms with Crippen LogP contribution in [0.3, 0.4) is 0 Å². The number of carbonyl (C=O) groups is 2. The molecule has 2 aliphatic rings. The van der Waals surface area contributed by atoms with Crippen molar-refractivity contribution in [2.45, 2.75) is 45.4 Å². The molecule has 1 saturated heterocycles. The predicted molar refractivity (Wildman–Crippen MR) is 131 cm³/mol. The van der Waals surface area contributed by atoms with E-state index in [1.54, 1.807) is 50.1 Å². The Morgan fingerprint density at radius 3 is 2.75 bits per heavy atom. The van der Waals surface area contributed by atoms with E-state index in [4.69, 9.17) is 21.1 Å². The molecular formula is C25H28ClFN4O5. The smallest absolute Gasteiger partial charge is 0.410 e. The molecule has 0 aliphatic carbocycles. The second-order valence-electron chi connectivity index (χ2n) is 9.80. The van der Waals surface area contributed by atoms with E-state index in [9.17, 15) is 18.8 Å². The average Bonchev–Trinajstić information content (AvgIpc) is 3.11. The van der Waals surface area contributed by atoms with Crippen LogP contribution < -0.4 is 11.0 Å². The van der Waals surface area contributed by atoms with Gasteiger partial charge in [0.1, 0.15) is 11.4 Å². The highest BCUT2D eigenvalue weighted by Crippen LogP contribution is 2.32. The number of hydrogen-bond donors (Lipinski definition) is 1. The van der Waals surface area contributed by atoms with Crippen LogP contribution in [0.25, 0.3) is 0 Å². The van der Waals surface area contributed by atoms with Gasteiger partial charge in [-0.05, 0) is 50.6 Å². The van der Waals surface area contributed by atoms with E-state index in [0.29, 0.717) is 16.8 Å². The maximum Gasteiger partial charge on any atom is 0.410 e. The Balaban J connectivity index is 1.67. The summed E-state index contributed by atoms with van der Waals surface area (Å²) in [5.41, 5.74) is 2.56. The minimum absolute atomic E-state index is 0.0104. The summed E-state index contributed by atoms with van der Waals surface area (Å²) in [6.07, 6.45) is 0.529. The van der Waals surface area contributed by atoms with Crippen LogP contribution in [0.1, 0.15) is 44.4 Å². The van der Waals surface area contributed by atoms with Gasteiger partial charge in [-0.25, -0.2) is 14.6 Å². The fourth-order valence-electron chi connectivity index (χ4n) is 4.27. The molecule has 1 fully saturated rings. The molecular weight excluding hydrogens is 491 g/mol. The molecule has 0 radical (unpaired) electrons. The summed E-state index contributed by atoms with van der Waals surface area (Å²) in [6, 6.07) is 7.75. The largest absolute Gasteiger partial charge is 0.444 e. The van der Waals surface area contributed by atoms with E-state index in [1.807, 2.05) is 0 Å². The Morgan fingerprint density at radius 2 is 2.08 bits per heavy atom. The molecule has 0 unspecified atom stereocenters. The van der Waals surface area contributed by atoms with Gasteiger partial charge in [0.15, 0.2) is 0 Å². The van der Waals surface area contributed by atoms with Crippen LogP contribution in [-0.2, 0) is 20.8 Å². The van der Waals surface area contributed by atoms with Crippen molar-refractivity contribution < 1.29 is 23.5 Å². The van der Waals surface area contributed by atoms with Crippen LogP contribution in [0.4, 0.5) is 9.18 Å². The topological polar surface area (TPSA) is 102 Å². The number of benzene rings is 1. The van der Waals surface area contributed by atoms with Crippen molar-refractivity contribution in [2.24, 2.45) is 11.0 Å². The highest BCUT2D eigenvalue weighted by molar-refractivity contribution is 6.30. The van der Waals surface area contributed by atoms with Gasteiger partial charge in [0.25, 0.3) is 5.56 Å². The Kier molecular flexibility index (Phi) is 7.46. The molecule has 2 atom stereocenters. The number of nitrogens with one attached hydrogen (secondary N) is 1. The van der Waals surface area contributed by atoms with E-state index in [-0.39, 0.29) is 49.2 Å². The molecule has 2 aliphatic heterocycles. The number of carbonyl (C=O) groups excluding carboxylic acids is 2. The van der Waals surface area contributed by atoms with Crippen LogP contribution in [0.2, 0.25) is 5.02 Å². The number of nitrogens with zero attached hydrogens (tertiary/aromatic N) is 3. The van der Waals surface area contributed by atoms with Crippen LogP contribution in [0.5, 0.6) is 0 Å². The van der Waals surface area contributed by atoms with E-state index in [1.165, 1.54) is 16.7 Å². The van der Waals surface area contributed by atoms with Gasteiger partial charge in [0, 0.05) is 31.7 Å². The van der Waals surface area contributed by atoms with Gasteiger partial charge in [-0.3, -0.25) is 9.59 Å². The number of halogens is 2. The molecule has 0 bridgehead atoms. The van der Waals surface area contributed by atoms with Crippen LogP contribution in [0.15, 0.2) is 46.4 Å². The number of rotatable bonds is 4. The van der Waals surface area contributed by atoms with Crippen molar-refractivity contribution in [3.8, 4) is 0 Å². The van der Waals surface area contributed by atoms with Gasteiger partial charge in [-0.2, -0.15) is 5.10 Å². The lowest BCUT2D eigenvalue weighted by Gasteiger charge is -2.30. The first kappa shape index (κ1) is 25.8. The molecule has 1 N–H and O–H groups in total. The summed E-state index contributed by atoms with van der Waals surface area (Å²) < 4.78 is 27.5. The fourth-order valence-corrected chi connectivity index (χ4v) is 4.39. The number of ether oxygens (including phenoxy) is 2. The summed E-state index contributed by atoms with van der Waals surface area (Å²) in [7, 11) is 0. The molecule has 192 valence electrons. The Hall–Kier alpha value is -3.24. The molecule has 4 rings (SSSR count). The second-order valence-corrected chi connectivity index (χ2v) is 10.2. The third-order valence-corrected chi connectivity index (χ3v) is 6.18. The van der Waals surface area contributed by atoms with Crippen molar-refractivity contribution in [1.29, 1.82) is 0 Å². The van der Waals surface area contributed by atoms with Gasteiger partial charge >= 0.3 is 6.09 Å². The molecule has 9 nitrogen and oxygen atoms in total.